The molecule has 2 aromatic rings. The zero-order valence-corrected chi connectivity index (χ0v) is 17.8. The fourth-order valence-corrected chi connectivity index (χ4v) is 5.09. The predicted molar refractivity (Wildman–Crippen MR) is 110 cm³/mol. The molecule has 0 saturated carbocycles. The van der Waals surface area contributed by atoms with Crippen LogP contribution < -0.4 is 4.90 Å². The third-order valence-electron chi connectivity index (χ3n) is 4.90. The van der Waals surface area contributed by atoms with Gasteiger partial charge in [-0.05, 0) is 45.1 Å². The largest absolute Gasteiger partial charge is 0.348 e. The molecule has 0 amide bonds. The number of anilines is 1. The van der Waals surface area contributed by atoms with Crippen LogP contribution in [0.4, 0.5) is 5.13 Å². The summed E-state index contributed by atoms with van der Waals surface area (Å²) in [5.74, 6) is 1.26. The molecule has 0 unspecified atom stereocenters. The van der Waals surface area contributed by atoms with E-state index >= 15 is 0 Å². The Morgan fingerprint density at radius 2 is 2.00 bits per heavy atom. The summed E-state index contributed by atoms with van der Waals surface area (Å²) in [5, 5.41) is 9.53. The lowest BCUT2D eigenvalue weighted by molar-refractivity contribution is 0.102. The Bertz CT molecular complexity index is 760. The minimum absolute atomic E-state index is 0.178. The van der Waals surface area contributed by atoms with E-state index < -0.39 is 0 Å². The first-order valence-corrected chi connectivity index (χ1v) is 11.2. The molecule has 1 aliphatic rings. The molecule has 142 valence electrons. The molecule has 0 atom stereocenters. The number of hydrogen-bond donors (Lipinski definition) is 0. The first-order chi connectivity index (χ1) is 12.5. The summed E-state index contributed by atoms with van der Waals surface area (Å²) < 4.78 is 3.16. The molecule has 0 radical (unpaired) electrons. The van der Waals surface area contributed by atoms with Crippen molar-refractivity contribution in [1.82, 2.24) is 14.8 Å². The van der Waals surface area contributed by atoms with Crippen molar-refractivity contribution in [1.29, 1.82) is 0 Å². The Hall–Kier alpha value is -1.34. The van der Waals surface area contributed by atoms with Crippen molar-refractivity contribution < 1.29 is 4.79 Å². The Morgan fingerprint density at radius 1 is 1.27 bits per heavy atom. The Kier molecular flexibility index (Phi) is 6.40. The number of rotatable bonds is 8. The van der Waals surface area contributed by atoms with Crippen LogP contribution in [0.25, 0.3) is 0 Å². The quantitative estimate of drug-likeness (QED) is 0.486. The number of hydrogen-bond acceptors (Lipinski definition) is 6. The zero-order valence-electron chi connectivity index (χ0n) is 16.1. The van der Waals surface area contributed by atoms with Gasteiger partial charge in [-0.2, -0.15) is 0 Å². The molecule has 3 rings (SSSR count). The van der Waals surface area contributed by atoms with Crippen molar-refractivity contribution in [3.8, 4) is 0 Å². The Labute approximate surface area is 164 Å². The first kappa shape index (κ1) is 19.4. The summed E-state index contributed by atoms with van der Waals surface area (Å²) in [6.07, 6.45) is 3.59. The number of nitrogens with zero attached hydrogens (tertiary/aromatic N) is 4. The average Bonchev–Trinajstić information content (AvgIpc) is 3.32. The second-order valence-electron chi connectivity index (χ2n) is 7.38. The molecule has 7 heteroatoms. The third-order valence-corrected chi connectivity index (χ3v) is 7.02. The Morgan fingerprint density at radius 3 is 2.69 bits per heavy atom. The van der Waals surface area contributed by atoms with Crippen molar-refractivity contribution >= 4 is 34.0 Å². The summed E-state index contributed by atoms with van der Waals surface area (Å²) in [6, 6.07) is 2.04. The van der Waals surface area contributed by atoms with Gasteiger partial charge in [-0.15, -0.1) is 10.2 Å². The van der Waals surface area contributed by atoms with Gasteiger partial charge in [0, 0.05) is 36.6 Å². The smallest absolute Gasteiger partial charge is 0.209 e. The molecule has 0 aliphatic carbocycles. The number of aryl methyl sites for hydroxylation is 1. The third kappa shape index (κ3) is 4.49. The van der Waals surface area contributed by atoms with Crippen LogP contribution in [0.15, 0.2) is 10.4 Å². The van der Waals surface area contributed by atoms with Gasteiger partial charge in [0.15, 0.2) is 10.1 Å². The van der Waals surface area contributed by atoms with E-state index in [2.05, 4.69) is 47.4 Å². The van der Waals surface area contributed by atoms with Crippen LogP contribution in [0.3, 0.4) is 0 Å². The standard InChI is InChI=1S/C19H28N4OS2/c1-13(2)7-10-23-14(3)11-16(15(23)4)17(24)12-25-19-21-20-18(26-19)22-8-5-6-9-22/h11,13H,5-10,12H2,1-4H3. The predicted octanol–water partition coefficient (Wildman–Crippen LogP) is 4.58. The monoisotopic (exact) mass is 392 g/mol. The number of ketones is 1. The van der Waals surface area contributed by atoms with Gasteiger partial charge < -0.3 is 9.47 Å². The van der Waals surface area contributed by atoms with Gasteiger partial charge in [0.25, 0.3) is 0 Å². The highest BCUT2D eigenvalue weighted by molar-refractivity contribution is 8.01. The van der Waals surface area contributed by atoms with E-state index in [1.807, 2.05) is 6.07 Å². The summed E-state index contributed by atoms with van der Waals surface area (Å²) in [4.78, 5) is 15.0. The van der Waals surface area contributed by atoms with E-state index in [9.17, 15) is 4.79 Å². The first-order valence-electron chi connectivity index (χ1n) is 9.37. The second-order valence-corrected chi connectivity index (χ2v) is 9.55. The minimum atomic E-state index is 0.178. The molecule has 3 heterocycles. The maximum Gasteiger partial charge on any atom is 0.209 e. The summed E-state index contributed by atoms with van der Waals surface area (Å²) in [6.45, 7) is 11.7. The molecule has 0 N–H and O–H groups in total. The van der Waals surface area contributed by atoms with Gasteiger partial charge in [0.05, 0.1) is 5.75 Å². The molecule has 1 aliphatic heterocycles. The van der Waals surface area contributed by atoms with Crippen LogP contribution in [0.5, 0.6) is 0 Å². The number of aromatic nitrogens is 3. The van der Waals surface area contributed by atoms with E-state index in [4.69, 9.17) is 0 Å². The van der Waals surface area contributed by atoms with Crippen molar-refractivity contribution in [2.45, 2.75) is 57.8 Å². The molecule has 5 nitrogen and oxygen atoms in total. The van der Waals surface area contributed by atoms with Gasteiger partial charge in [-0.25, -0.2) is 0 Å². The fourth-order valence-electron chi connectivity index (χ4n) is 3.32. The van der Waals surface area contributed by atoms with E-state index in [0.29, 0.717) is 11.7 Å². The van der Waals surface area contributed by atoms with Crippen molar-refractivity contribution in [3.63, 3.8) is 0 Å². The van der Waals surface area contributed by atoms with Crippen LogP contribution in [0.2, 0.25) is 0 Å². The molecular weight excluding hydrogens is 364 g/mol. The van der Waals surface area contributed by atoms with Crippen LogP contribution in [0, 0.1) is 19.8 Å². The van der Waals surface area contributed by atoms with Crippen LogP contribution in [-0.2, 0) is 6.54 Å². The molecule has 26 heavy (non-hydrogen) atoms. The maximum absolute atomic E-state index is 12.7. The molecule has 0 aromatic carbocycles. The normalized spacial score (nSPS) is 14.6. The van der Waals surface area contributed by atoms with E-state index in [-0.39, 0.29) is 5.78 Å². The molecule has 0 bridgehead atoms. The molecule has 0 spiro atoms. The summed E-state index contributed by atoms with van der Waals surface area (Å²) >= 11 is 3.10. The number of carbonyl (C=O) groups is 1. The maximum atomic E-state index is 12.7. The zero-order chi connectivity index (χ0) is 18.7. The molecule has 2 aromatic heterocycles. The van der Waals surface area contributed by atoms with Crippen molar-refractivity contribution in [3.05, 3.63) is 23.0 Å². The van der Waals surface area contributed by atoms with E-state index in [1.54, 1.807) is 11.3 Å². The second kappa shape index (κ2) is 8.57. The SMILES string of the molecule is Cc1cc(C(=O)CSc2nnc(N3CCCC3)s2)c(C)n1CCC(C)C. The Balaban J connectivity index is 1.60. The van der Waals surface area contributed by atoms with Crippen LogP contribution in [0.1, 0.15) is 54.9 Å². The van der Waals surface area contributed by atoms with E-state index in [1.165, 1.54) is 30.3 Å². The topological polar surface area (TPSA) is 51.0 Å². The highest BCUT2D eigenvalue weighted by atomic mass is 32.2. The van der Waals surface area contributed by atoms with Crippen LogP contribution in [-0.4, -0.2) is 39.4 Å². The summed E-state index contributed by atoms with van der Waals surface area (Å²) in [5.41, 5.74) is 3.11. The van der Waals surface area contributed by atoms with Gasteiger partial charge in [-0.1, -0.05) is 36.9 Å². The molecular formula is C19H28N4OS2. The van der Waals surface area contributed by atoms with E-state index in [0.717, 1.165) is 46.8 Å². The highest BCUT2D eigenvalue weighted by Crippen LogP contribution is 2.30. The number of Topliss-reactive ketones (excluding diaryl/α,β-unsaturated/α-hetero) is 1. The van der Waals surface area contributed by atoms with Gasteiger partial charge in [0.2, 0.25) is 5.13 Å². The summed E-state index contributed by atoms with van der Waals surface area (Å²) in [7, 11) is 0. The minimum Gasteiger partial charge on any atom is -0.348 e. The molecule has 1 saturated heterocycles. The fraction of sp³-hybridized carbons (Fsp3) is 0.632. The number of thioether (sulfide) groups is 1. The van der Waals surface area contributed by atoms with Crippen molar-refractivity contribution in [2.24, 2.45) is 5.92 Å². The average molecular weight is 393 g/mol. The van der Waals surface area contributed by atoms with Gasteiger partial charge in [-0.3, -0.25) is 4.79 Å². The van der Waals surface area contributed by atoms with Crippen LogP contribution >= 0.6 is 23.1 Å². The van der Waals surface area contributed by atoms with Gasteiger partial charge in [0.1, 0.15) is 0 Å². The highest BCUT2D eigenvalue weighted by Gasteiger charge is 2.19. The lowest BCUT2D eigenvalue weighted by atomic mass is 10.1. The van der Waals surface area contributed by atoms with Gasteiger partial charge >= 0.3 is 0 Å². The van der Waals surface area contributed by atoms with Crippen molar-refractivity contribution in [2.75, 3.05) is 23.7 Å². The lowest BCUT2D eigenvalue weighted by Gasteiger charge is -2.11. The lowest BCUT2D eigenvalue weighted by Crippen LogP contribution is -2.17. The number of carbonyl (C=O) groups excluding carboxylic acids is 1. The molecule has 1 fully saturated rings.